The third-order valence-corrected chi connectivity index (χ3v) is 3.62. The molecule has 3 nitrogen and oxygen atoms in total. The minimum atomic E-state index is 0.251. The Morgan fingerprint density at radius 3 is 1.95 bits per heavy atom. The van der Waals surface area contributed by atoms with Crippen LogP contribution in [0.2, 0.25) is 0 Å². The maximum atomic E-state index is 10.4. The van der Waals surface area contributed by atoms with Crippen molar-refractivity contribution in [1.82, 2.24) is 0 Å². The van der Waals surface area contributed by atoms with Crippen LogP contribution in [0.25, 0.3) is 0 Å². The fourth-order valence-corrected chi connectivity index (χ4v) is 2.72. The molecule has 21 heavy (non-hydrogen) atoms. The molecule has 3 heteroatoms. The summed E-state index contributed by atoms with van der Waals surface area (Å²) in [6.07, 6.45) is 0.499. The van der Waals surface area contributed by atoms with Crippen LogP contribution in [0.3, 0.4) is 0 Å². The highest BCUT2D eigenvalue weighted by atomic mass is 16.5. The quantitative estimate of drug-likeness (QED) is 0.899. The van der Waals surface area contributed by atoms with Gasteiger partial charge in [0, 0.05) is 19.1 Å². The molecule has 0 amide bonds. The average Bonchev–Trinajstić information content (AvgIpc) is 2.41. The van der Waals surface area contributed by atoms with Gasteiger partial charge in [-0.25, -0.2) is 0 Å². The number of aryl methyl sites for hydroxylation is 3. The zero-order chi connectivity index (χ0) is 15.6. The van der Waals surface area contributed by atoms with Crippen LogP contribution in [0.4, 0.5) is 0 Å². The van der Waals surface area contributed by atoms with Crippen molar-refractivity contribution in [3.8, 4) is 11.5 Å². The number of ether oxygens (including phenoxy) is 1. The average molecular weight is 286 g/mol. The van der Waals surface area contributed by atoms with Crippen molar-refractivity contribution in [2.75, 3.05) is 7.11 Å². The van der Waals surface area contributed by atoms with Gasteiger partial charge in [0.05, 0.1) is 6.61 Å². The van der Waals surface area contributed by atoms with E-state index in [0.717, 1.165) is 33.4 Å². The van der Waals surface area contributed by atoms with E-state index in [4.69, 9.17) is 4.74 Å². The van der Waals surface area contributed by atoms with Crippen molar-refractivity contribution < 1.29 is 14.9 Å². The zero-order valence-corrected chi connectivity index (χ0v) is 13.0. The van der Waals surface area contributed by atoms with E-state index in [1.54, 1.807) is 7.11 Å². The molecule has 2 rings (SSSR count). The Bertz CT molecular complexity index is 660. The summed E-state index contributed by atoms with van der Waals surface area (Å²) in [7, 11) is 1.61. The molecule has 0 saturated heterocycles. The van der Waals surface area contributed by atoms with E-state index in [9.17, 15) is 10.2 Å². The molecule has 0 aliphatic rings. The fraction of sp³-hybridized carbons (Fsp3) is 0.333. The van der Waals surface area contributed by atoms with Crippen LogP contribution in [0, 0.1) is 20.8 Å². The first-order valence-electron chi connectivity index (χ1n) is 7.01. The van der Waals surface area contributed by atoms with Crippen molar-refractivity contribution >= 4 is 0 Å². The predicted molar refractivity (Wildman–Crippen MR) is 83.9 cm³/mol. The van der Waals surface area contributed by atoms with E-state index < -0.39 is 0 Å². The third kappa shape index (κ3) is 3.37. The molecular formula is C18H22O3. The lowest BCUT2D eigenvalue weighted by atomic mass is 9.96. The number of hydrogen-bond donors (Lipinski definition) is 2. The minimum Gasteiger partial charge on any atom is -0.507 e. The van der Waals surface area contributed by atoms with Crippen LogP contribution in [-0.4, -0.2) is 17.3 Å². The Morgan fingerprint density at radius 1 is 0.810 bits per heavy atom. The molecule has 0 bridgehead atoms. The van der Waals surface area contributed by atoms with Crippen molar-refractivity contribution in [2.45, 2.75) is 33.8 Å². The lowest BCUT2D eigenvalue weighted by Gasteiger charge is -2.13. The molecule has 0 radical (unpaired) electrons. The van der Waals surface area contributed by atoms with E-state index in [1.807, 2.05) is 45.0 Å². The van der Waals surface area contributed by atoms with Gasteiger partial charge in [0.2, 0.25) is 0 Å². The predicted octanol–water partition coefficient (Wildman–Crippen LogP) is 3.76. The van der Waals surface area contributed by atoms with Gasteiger partial charge in [-0.2, -0.15) is 0 Å². The molecule has 0 fully saturated rings. The summed E-state index contributed by atoms with van der Waals surface area (Å²) < 4.78 is 5.12. The molecule has 0 atom stereocenters. The van der Waals surface area contributed by atoms with Crippen molar-refractivity contribution in [2.24, 2.45) is 0 Å². The van der Waals surface area contributed by atoms with Gasteiger partial charge >= 0.3 is 0 Å². The normalized spacial score (nSPS) is 10.9. The maximum Gasteiger partial charge on any atom is 0.124 e. The second kappa shape index (κ2) is 6.19. The van der Waals surface area contributed by atoms with Crippen LogP contribution in [0.1, 0.15) is 33.4 Å². The summed E-state index contributed by atoms with van der Waals surface area (Å²) in [5, 5.41) is 20.6. The molecule has 0 aromatic heterocycles. The number of benzene rings is 2. The Labute approximate surface area is 125 Å². The molecule has 0 heterocycles. The Balaban J connectivity index is 2.44. The van der Waals surface area contributed by atoms with E-state index in [-0.39, 0.29) is 5.75 Å². The van der Waals surface area contributed by atoms with Crippen LogP contribution in [-0.2, 0) is 17.8 Å². The third-order valence-electron chi connectivity index (χ3n) is 3.62. The Hall–Kier alpha value is -2.00. The highest BCUT2D eigenvalue weighted by Crippen LogP contribution is 2.31. The van der Waals surface area contributed by atoms with E-state index in [1.165, 1.54) is 0 Å². The van der Waals surface area contributed by atoms with Gasteiger partial charge in [-0.1, -0.05) is 35.4 Å². The summed E-state index contributed by atoms with van der Waals surface area (Å²) >= 11 is 0. The first-order valence-corrected chi connectivity index (χ1v) is 7.01. The number of rotatable bonds is 4. The fourth-order valence-electron chi connectivity index (χ4n) is 2.72. The standard InChI is InChI=1S/C18H22O3/c1-11-5-13(3)17(19)14(6-11)9-15-7-12(2)8-16(10-21-4)18(15)20/h5-8,19-20H,9-10H2,1-4H3. The summed E-state index contributed by atoms with van der Waals surface area (Å²) in [5.41, 5.74) is 5.44. The largest absolute Gasteiger partial charge is 0.507 e. The summed E-state index contributed by atoms with van der Waals surface area (Å²) in [6, 6.07) is 7.78. The first kappa shape index (κ1) is 15.4. The monoisotopic (exact) mass is 286 g/mol. The van der Waals surface area contributed by atoms with Gasteiger partial charge in [0.25, 0.3) is 0 Å². The van der Waals surface area contributed by atoms with Gasteiger partial charge in [0.1, 0.15) is 11.5 Å². The molecule has 2 aromatic carbocycles. The lowest BCUT2D eigenvalue weighted by molar-refractivity contribution is 0.182. The number of phenolic OH excluding ortho intramolecular Hbond substituents is 2. The molecule has 0 spiro atoms. The topological polar surface area (TPSA) is 49.7 Å². The van der Waals surface area contributed by atoms with E-state index in [0.29, 0.717) is 18.8 Å². The van der Waals surface area contributed by atoms with Crippen LogP contribution in [0.5, 0.6) is 11.5 Å². The van der Waals surface area contributed by atoms with E-state index in [2.05, 4.69) is 0 Å². The molecule has 0 aliphatic carbocycles. The smallest absolute Gasteiger partial charge is 0.124 e. The second-order valence-electron chi connectivity index (χ2n) is 5.63. The van der Waals surface area contributed by atoms with Gasteiger partial charge in [-0.05, 0) is 37.5 Å². The van der Waals surface area contributed by atoms with Gasteiger partial charge < -0.3 is 14.9 Å². The highest BCUT2D eigenvalue weighted by Gasteiger charge is 2.13. The van der Waals surface area contributed by atoms with Crippen molar-refractivity contribution in [1.29, 1.82) is 0 Å². The van der Waals surface area contributed by atoms with Crippen LogP contribution >= 0.6 is 0 Å². The zero-order valence-electron chi connectivity index (χ0n) is 13.0. The number of phenols is 2. The second-order valence-corrected chi connectivity index (χ2v) is 5.63. The number of hydrogen-bond acceptors (Lipinski definition) is 3. The highest BCUT2D eigenvalue weighted by molar-refractivity contribution is 5.50. The van der Waals surface area contributed by atoms with Crippen molar-refractivity contribution in [3.05, 3.63) is 57.6 Å². The van der Waals surface area contributed by atoms with Gasteiger partial charge in [-0.15, -0.1) is 0 Å². The molecule has 2 N–H and O–H groups in total. The molecule has 0 unspecified atom stereocenters. The SMILES string of the molecule is COCc1cc(C)cc(Cc2cc(C)cc(C)c2O)c1O. The number of methoxy groups -OCH3 is 1. The lowest BCUT2D eigenvalue weighted by Crippen LogP contribution is -1.97. The minimum absolute atomic E-state index is 0.251. The van der Waals surface area contributed by atoms with Gasteiger partial charge in [-0.3, -0.25) is 0 Å². The van der Waals surface area contributed by atoms with Crippen LogP contribution < -0.4 is 0 Å². The summed E-state index contributed by atoms with van der Waals surface area (Å²) in [6.45, 7) is 6.25. The molecule has 112 valence electrons. The number of aromatic hydroxyl groups is 2. The van der Waals surface area contributed by atoms with Crippen LogP contribution in [0.15, 0.2) is 24.3 Å². The molecule has 0 aliphatic heterocycles. The van der Waals surface area contributed by atoms with E-state index >= 15 is 0 Å². The first-order chi connectivity index (χ1) is 9.92. The molecular weight excluding hydrogens is 264 g/mol. The summed E-state index contributed by atoms with van der Waals surface area (Å²) in [4.78, 5) is 0. The Kier molecular flexibility index (Phi) is 4.53. The van der Waals surface area contributed by atoms with Crippen molar-refractivity contribution in [3.63, 3.8) is 0 Å². The Morgan fingerprint density at radius 2 is 1.33 bits per heavy atom. The molecule has 2 aromatic rings. The maximum absolute atomic E-state index is 10.4. The molecule has 0 saturated carbocycles. The summed E-state index contributed by atoms with van der Waals surface area (Å²) in [5.74, 6) is 0.552. The van der Waals surface area contributed by atoms with Gasteiger partial charge in [0.15, 0.2) is 0 Å².